The third-order valence-electron chi connectivity index (χ3n) is 2.18. The maximum absolute atomic E-state index is 4.34. The normalized spacial score (nSPS) is 12.7. The third kappa shape index (κ3) is 2.19. The molecule has 0 saturated heterocycles. The zero-order valence-corrected chi connectivity index (χ0v) is 9.45. The standard InChI is InChI=1S/C10H12N4S/c1-7(11-2)9-5-13-10(15-9)8-3-4-12-6-14-8/h3-7,11H,1-2H3. The second-order valence-electron chi connectivity index (χ2n) is 3.17. The van der Waals surface area contributed by atoms with E-state index in [1.165, 1.54) is 11.2 Å². The van der Waals surface area contributed by atoms with Gasteiger partial charge in [0.15, 0.2) is 0 Å². The highest BCUT2D eigenvalue weighted by Crippen LogP contribution is 2.26. The van der Waals surface area contributed by atoms with Gasteiger partial charge in [-0.25, -0.2) is 15.0 Å². The van der Waals surface area contributed by atoms with Gasteiger partial charge < -0.3 is 5.32 Å². The number of aromatic nitrogens is 3. The molecule has 0 amide bonds. The quantitative estimate of drug-likeness (QED) is 0.858. The Labute approximate surface area is 92.4 Å². The summed E-state index contributed by atoms with van der Waals surface area (Å²) in [5, 5.41) is 4.12. The summed E-state index contributed by atoms with van der Waals surface area (Å²) in [5.41, 5.74) is 0.879. The molecule has 1 atom stereocenters. The molecular weight excluding hydrogens is 208 g/mol. The van der Waals surface area contributed by atoms with Crippen molar-refractivity contribution in [3.63, 3.8) is 0 Å². The van der Waals surface area contributed by atoms with Crippen LogP contribution < -0.4 is 5.32 Å². The molecule has 0 radical (unpaired) electrons. The van der Waals surface area contributed by atoms with Gasteiger partial charge in [-0.1, -0.05) is 0 Å². The van der Waals surface area contributed by atoms with Crippen LogP contribution in [0.25, 0.3) is 10.7 Å². The fourth-order valence-corrected chi connectivity index (χ4v) is 2.12. The van der Waals surface area contributed by atoms with Gasteiger partial charge in [0.1, 0.15) is 17.0 Å². The zero-order chi connectivity index (χ0) is 10.7. The van der Waals surface area contributed by atoms with Crippen molar-refractivity contribution in [2.45, 2.75) is 13.0 Å². The molecule has 0 spiro atoms. The molecular formula is C10H12N4S. The first-order valence-corrected chi connectivity index (χ1v) is 5.52. The lowest BCUT2D eigenvalue weighted by atomic mass is 10.3. The van der Waals surface area contributed by atoms with Crippen LogP contribution in [0.15, 0.2) is 24.8 Å². The fraction of sp³-hybridized carbons (Fsp3) is 0.300. The average Bonchev–Trinajstić information content (AvgIpc) is 2.78. The van der Waals surface area contributed by atoms with Crippen molar-refractivity contribution in [2.75, 3.05) is 7.05 Å². The van der Waals surface area contributed by atoms with E-state index in [4.69, 9.17) is 0 Å². The highest BCUT2D eigenvalue weighted by Gasteiger charge is 2.09. The van der Waals surface area contributed by atoms with Crippen LogP contribution in [-0.4, -0.2) is 22.0 Å². The molecule has 0 aliphatic carbocycles. The minimum atomic E-state index is 0.332. The van der Waals surface area contributed by atoms with Gasteiger partial charge in [-0.3, -0.25) is 0 Å². The van der Waals surface area contributed by atoms with Crippen LogP contribution in [0.1, 0.15) is 17.8 Å². The monoisotopic (exact) mass is 220 g/mol. The number of rotatable bonds is 3. The molecule has 5 heteroatoms. The van der Waals surface area contributed by atoms with Gasteiger partial charge in [0.05, 0.1) is 0 Å². The van der Waals surface area contributed by atoms with Crippen molar-refractivity contribution in [1.29, 1.82) is 0 Å². The predicted octanol–water partition coefficient (Wildman–Crippen LogP) is 1.88. The number of hydrogen-bond donors (Lipinski definition) is 1. The maximum atomic E-state index is 4.34. The summed E-state index contributed by atoms with van der Waals surface area (Å²) < 4.78 is 0. The zero-order valence-electron chi connectivity index (χ0n) is 8.64. The SMILES string of the molecule is CNC(C)c1cnc(-c2ccncn2)s1. The summed E-state index contributed by atoms with van der Waals surface area (Å²) in [6.07, 6.45) is 5.16. The largest absolute Gasteiger partial charge is 0.312 e. The lowest BCUT2D eigenvalue weighted by Gasteiger charge is -2.04. The van der Waals surface area contributed by atoms with Gasteiger partial charge >= 0.3 is 0 Å². The lowest BCUT2D eigenvalue weighted by molar-refractivity contribution is 0.662. The molecule has 0 aliphatic heterocycles. The molecule has 1 unspecified atom stereocenters. The molecule has 2 rings (SSSR count). The van der Waals surface area contributed by atoms with E-state index in [0.29, 0.717) is 6.04 Å². The number of thiazole rings is 1. The van der Waals surface area contributed by atoms with E-state index < -0.39 is 0 Å². The second kappa shape index (κ2) is 4.46. The highest BCUT2D eigenvalue weighted by atomic mass is 32.1. The van der Waals surface area contributed by atoms with Crippen molar-refractivity contribution < 1.29 is 0 Å². The minimum absolute atomic E-state index is 0.332. The van der Waals surface area contributed by atoms with Gasteiger partial charge in [-0.05, 0) is 20.0 Å². The topological polar surface area (TPSA) is 50.7 Å². The second-order valence-corrected chi connectivity index (χ2v) is 4.23. The molecule has 0 fully saturated rings. The molecule has 0 aliphatic rings. The van der Waals surface area contributed by atoms with E-state index in [-0.39, 0.29) is 0 Å². The van der Waals surface area contributed by atoms with E-state index >= 15 is 0 Å². The maximum Gasteiger partial charge on any atom is 0.142 e. The van der Waals surface area contributed by atoms with Crippen LogP contribution in [0.2, 0.25) is 0 Å². The Kier molecular flexibility index (Phi) is 3.03. The van der Waals surface area contributed by atoms with Crippen molar-refractivity contribution in [1.82, 2.24) is 20.3 Å². The smallest absolute Gasteiger partial charge is 0.142 e. The van der Waals surface area contributed by atoms with E-state index in [1.54, 1.807) is 17.5 Å². The van der Waals surface area contributed by atoms with Crippen molar-refractivity contribution >= 4 is 11.3 Å². The minimum Gasteiger partial charge on any atom is -0.312 e. The summed E-state index contributed by atoms with van der Waals surface area (Å²) in [5.74, 6) is 0. The van der Waals surface area contributed by atoms with Gasteiger partial charge in [0, 0.05) is 23.3 Å². The Morgan fingerprint density at radius 2 is 2.27 bits per heavy atom. The van der Waals surface area contributed by atoms with Crippen LogP contribution in [-0.2, 0) is 0 Å². The van der Waals surface area contributed by atoms with Crippen LogP contribution in [0, 0.1) is 0 Å². The summed E-state index contributed by atoms with van der Waals surface area (Å²) in [6.45, 7) is 2.11. The molecule has 4 nitrogen and oxygen atoms in total. The van der Waals surface area contributed by atoms with Gasteiger partial charge in [-0.2, -0.15) is 0 Å². The summed E-state index contributed by atoms with van der Waals surface area (Å²) in [7, 11) is 1.94. The number of hydrogen-bond acceptors (Lipinski definition) is 5. The van der Waals surface area contributed by atoms with Crippen molar-refractivity contribution in [3.8, 4) is 10.7 Å². The number of nitrogens with one attached hydrogen (secondary N) is 1. The Bertz CT molecular complexity index is 426. The molecule has 2 aromatic heterocycles. The van der Waals surface area contributed by atoms with Crippen LogP contribution in [0.4, 0.5) is 0 Å². The Hall–Kier alpha value is -1.33. The first-order chi connectivity index (χ1) is 7.31. The van der Waals surface area contributed by atoms with Crippen LogP contribution >= 0.6 is 11.3 Å². The molecule has 0 aromatic carbocycles. The molecule has 2 heterocycles. The summed E-state index contributed by atoms with van der Waals surface area (Å²) in [6, 6.07) is 2.20. The van der Waals surface area contributed by atoms with Crippen LogP contribution in [0.3, 0.4) is 0 Å². The Morgan fingerprint density at radius 3 is 2.93 bits per heavy atom. The first-order valence-electron chi connectivity index (χ1n) is 4.70. The van der Waals surface area contributed by atoms with Gasteiger partial charge in [-0.15, -0.1) is 11.3 Å². The lowest BCUT2D eigenvalue weighted by Crippen LogP contribution is -2.10. The Morgan fingerprint density at radius 1 is 1.40 bits per heavy atom. The molecule has 78 valence electrons. The Balaban J connectivity index is 2.28. The van der Waals surface area contributed by atoms with Gasteiger partial charge in [0.25, 0.3) is 0 Å². The molecule has 1 N–H and O–H groups in total. The van der Waals surface area contributed by atoms with E-state index in [9.17, 15) is 0 Å². The van der Waals surface area contributed by atoms with E-state index in [0.717, 1.165) is 10.7 Å². The fourth-order valence-electron chi connectivity index (χ4n) is 1.16. The van der Waals surface area contributed by atoms with E-state index in [2.05, 4.69) is 27.2 Å². The van der Waals surface area contributed by atoms with Crippen molar-refractivity contribution in [3.05, 3.63) is 29.7 Å². The van der Waals surface area contributed by atoms with Crippen molar-refractivity contribution in [2.24, 2.45) is 0 Å². The molecule has 2 aromatic rings. The van der Waals surface area contributed by atoms with Crippen LogP contribution in [0.5, 0.6) is 0 Å². The molecule has 0 bridgehead atoms. The summed E-state index contributed by atoms with van der Waals surface area (Å²) in [4.78, 5) is 13.6. The summed E-state index contributed by atoms with van der Waals surface area (Å²) >= 11 is 1.65. The molecule has 0 saturated carbocycles. The molecule has 15 heavy (non-hydrogen) atoms. The first kappa shape index (κ1) is 10.2. The third-order valence-corrected chi connectivity index (χ3v) is 3.39. The predicted molar refractivity (Wildman–Crippen MR) is 60.6 cm³/mol. The van der Waals surface area contributed by atoms with Gasteiger partial charge in [0.2, 0.25) is 0 Å². The van der Waals surface area contributed by atoms with E-state index in [1.807, 2.05) is 19.3 Å². The highest BCUT2D eigenvalue weighted by molar-refractivity contribution is 7.15. The average molecular weight is 220 g/mol. The number of nitrogens with zero attached hydrogens (tertiary/aromatic N) is 3.